The Morgan fingerprint density at radius 2 is 2.20 bits per heavy atom. The predicted octanol–water partition coefficient (Wildman–Crippen LogP) is 3.69. The lowest BCUT2D eigenvalue weighted by atomic mass is 9.97. The van der Waals surface area contributed by atoms with Crippen LogP contribution in [0.1, 0.15) is 32.8 Å². The number of halogens is 2. The Morgan fingerprint density at radius 1 is 1.45 bits per heavy atom. The smallest absolute Gasteiger partial charge is 0.141 e. The second kappa shape index (κ2) is 6.88. The van der Waals surface area contributed by atoms with E-state index in [1.54, 1.807) is 6.07 Å². The molecule has 2 unspecified atom stereocenters. The zero-order valence-electron chi connectivity index (χ0n) is 12.5. The van der Waals surface area contributed by atoms with Crippen molar-refractivity contribution in [2.45, 2.75) is 45.8 Å². The summed E-state index contributed by atoms with van der Waals surface area (Å²) in [6.45, 7) is 9.60. The van der Waals surface area contributed by atoms with Crippen LogP contribution in [-0.2, 0) is 6.54 Å². The van der Waals surface area contributed by atoms with E-state index in [2.05, 4.69) is 31.0 Å². The average molecular weight is 299 g/mol. The van der Waals surface area contributed by atoms with Crippen LogP contribution < -0.4 is 5.32 Å². The topological polar surface area (TPSA) is 15.3 Å². The molecule has 1 aliphatic rings. The summed E-state index contributed by atoms with van der Waals surface area (Å²) in [6, 6.07) is 6.10. The van der Waals surface area contributed by atoms with Gasteiger partial charge in [0.25, 0.3) is 0 Å². The molecule has 4 heteroatoms. The Bertz CT molecular complexity index is 450. The van der Waals surface area contributed by atoms with Gasteiger partial charge in [0.2, 0.25) is 0 Å². The first-order valence-corrected chi connectivity index (χ1v) is 7.80. The maximum absolute atomic E-state index is 13.2. The lowest BCUT2D eigenvalue weighted by Gasteiger charge is -2.42. The maximum Gasteiger partial charge on any atom is 0.141 e. The summed E-state index contributed by atoms with van der Waals surface area (Å²) in [5.74, 6) is 0.249. The van der Waals surface area contributed by atoms with Gasteiger partial charge in [-0.05, 0) is 30.0 Å². The van der Waals surface area contributed by atoms with Crippen LogP contribution in [0, 0.1) is 11.7 Å². The van der Waals surface area contributed by atoms with Crippen molar-refractivity contribution in [1.29, 1.82) is 0 Å². The third-order valence-corrected chi connectivity index (χ3v) is 4.46. The lowest BCUT2D eigenvalue weighted by molar-refractivity contribution is 0.0900. The fourth-order valence-electron chi connectivity index (χ4n) is 2.88. The van der Waals surface area contributed by atoms with E-state index in [9.17, 15) is 4.39 Å². The molecule has 2 rings (SSSR count). The fraction of sp³-hybridized carbons (Fsp3) is 0.625. The van der Waals surface area contributed by atoms with Gasteiger partial charge in [0.1, 0.15) is 5.82 Å². The van der Waals surface area contributed by atoms with Gasteiger partial charge < -0.3 is 5.32 Å². The molecule has 0 spiro atoms. The van der Waals surface area contributed by atoms with Gasteiger partial charge in [0.15, 0.2) is 0 Å². The maximum atomic E-state index is 13.2. The van der Waals surface area contributed by atoms with Gasteiger partial charge in [-0.1, -0.05) is 38.4 Å². The molecule has 2 atom stereocenters. The average Bonchev–Trinajstić information content (AvgIpc) is 2.42. The number of rotatable bonds is 4. The molecule has 1 N–H and O–H groups in total. The molecule has 1 aromatic carbocycles. The molecule has 0 bridgehead atoms. The van der Waals surface area contributed by atoms with Crippen LogP contribution in [0.25, 0.3) is 0 Å². The van der Waals surface area contributed by atoms with Gasteiger partial charge in [0, 0.05) is 31.7 Å². The van der Waals surface area contributed by atoms with Crippen molar-refractivity contribution in [3.8, 4) is 0 Å². The quantitative estimate of drug-likeness (QED) is 0.912. The number of benzene rings is 1. The molecule has 0 radical (unpaired) electrons. The van der Waals surface area contributed by atoms with E-state index in [1.165, 1.54) is 6.07 Å². The van der Waals surface area contributed by atoms with Crippen LogP contribution in [0.5, 0.6) is 0 Å². The first-order chi connectivity index (χ1) is 9.51. The van der Waals surface area contributed by atoms with Crippen LogP contribution in [0.2, 0.25) is 5.02 Å². The summed E-state index contributed by atoms with van der Waals surface area (Å²) in [7, 11) is 0. The second-order valence-electron chi connectivity index (χ2n) is 6.00. The highest BCUT2D eigenvalue weighted by atomic mass is 35.5. The van der Waals surface area contributed by atoms with Gasteiger partial charge in [-0.2, -0.15) is 0 Å². The molecule has 20 heavy (non-hydrogen) atoms. The van der Waals surface area contributed by atoms with Crippen LogP contribution in [0.4, 0.5) is 4.39 Å². The van der Waals surface area contributed by atoms with Crippen LogP contribution in [0.15, 0.2) is 18.2 Å². The van der Waals surface area contributed by atoms with Crippen molar-refractivity contribution in [1.82, 2.24) is 10.2 Å². The van der Waals surface area contributed by atoms with E-state index in [0.717, 1.165) is 31.6 Å². The van der Waals surface area contributed by atoms with Crippen LogP contribution >= 0.6 is 11.6 Å². The minimum Gasteiger partial charge on any atom is -0.311 e. The zero-order valence-corrected chi connectivity index (χ0v) is 13.3. The van der Waals surface area contributed by atoms with Gasteiger partial charge in [0.05, 0.1) is 5.02 Å². The summed E-state index contributed by atoms with van der Waals surface area (Å²) in [6.07, 6.45) is 1.13. The lowest BCUT2D eigenvalue weighted by Crippen LogP contribution is -2.57. The van der Waals surface area contributed by atoms with Crippen molar-refractivity contribution in [2.75, 3.05) is 13.1 Å². The van der Waals surface area contributed by atoms with Crippen molar-refractivity contribution in [3.05, 3.63) is 34.6 Å². The molecule has 1 fully saturated rings. The van der Waals surface area contributed by atoms with Crippen molar-refractivity contribution in [3.63, 3.8) is 0 Å². The summed E-state index contributed by atoms with van der Waals surface area (Å²) < 4.78 is 13.2. The Morgan fingerprint density at radius 3 is 2.80 bits per heavy atom. The molecule has 1 aromatic rings. The molecule has 112 valence electrons. The number of piperazine rings is 1. The van der Waals surface area contributed by atoms with Crippen molar-refractivity contribution >= 4 is 11.6 Å². The van der Waals surface area contributed by atoms with E-state index >= 15 is 0 Å². The highest BCUT2D eigenvalue weighted by Crippen LogP contribution is 2.22. The zero-order chi connectivity index (χ0) is 14.7. The molecule has 0 aliphatic carbocycles. The second-order valence-corrected chi connectivity index (χ2v) is 6.41. The van der Waals surface area contributed by atoms with Crippen molar-refractivity contribution < 1.29 is 4.39 Å². The number of hydrogen-bond acceptors (Lipinski definition) is 2. The summed E-state index contributed by atoms with van der Waals surface area (Å²) >= 11 is 5.88. The molecular weight excluding hydrogens is 275 g/mol. The van der Waals surface area contributed by atoms with Gasteiger partial charge >= 0.3 is 0 Å². The monoisotopic (exact) mass is 298 g/mol. The third kappa shape index (κ3) is 3.72. The van der Waals surface area contributed by atoms with E-state index in [0.29, 0.717) is 18.0 Å². The minimum atomic E-state index is -0.345. The molecule has 0 saturated carbocycles. The SMILES string of the molecule is CCC1CN(Cc2ccc(F)c(Cl)c2)C(C(C)C)CN1. The largest absolute Gasteiger partial charge is 0.311 e. The Labute approximate surface area is 126 Å². The Kier molecular flexibility index (Phi) is 5.42. The number of nitrogens with one attached hydrogen (secondary N) is 1. The summed E-state index contributed by atoms with van der Waals surface area (Å²) in [5.41, 5.74) is 1.08. The minimum absolute atomic E-state index is 0.214. The fourth-order valence-corrected chi connectivity index (χ4v) is 3.09. The molecule has 0 aromatic heterocycles. The summed E-state index contributed by atoms with van der Waals surface area (Å²) in [4.78, 5) is 2.50. The van der Waals surface area contributed by atoms with E-state index in [1.807, 2.05) is 6.07 Å². The predicted molar refractivity (Wildman–Crippen MR) is 82.5 cm³/mol. The van der Waals surface area contributed by atoms with Crippen LogP contribution in [0.3, 0.4) is 0 Å². The van der Waals surface area contributed by atoms with E-state index < -0.39 is 0 Å². The van der Waals surface area contributed by atoms with E-state index in [-0.39, 0.29) is 10.8 Å². The van der Waals surface area contributed by atoms with Crippen LogP contribution in [-0.4, -0.2) is 30.1 Å². The molecule has 1 aliphatic heterocycles. The van der Waals surface area contributed by atoms with E-state index in [4.69, 9.17) is 11.6 Å². The molecule has 0 amide bonds. The summed E-state index contributed by atoms with van der Waals surface area (Å²) in [5, 5.41) is 3.82. The highest BCUT2D eigenvalue weighted by Gasteiger charge is 2.29. The molecule has 1 heterocycles. The Hall–Kier alpha value is -0.640. The number of nitrogens with zero attached hydrogens (tertiary/aromatic N) is 1. The third-order valence-electron chi connectivity index (χ3n) is 4.17. The molecule has 2 nitrogen and oxygen atoms in total. The normalized spacial score (nSPS) is 24.3. The first kappa shape index (κ1) is 15.7. The highest BCUT2D eigenvalue weighted by molar-refractivity contribution is 6.30. The first-order valence-electron chi connectivity index (χ1n) is 7.42. The van der Waals surface area contributed by atoms with Gasteiger partial charge in [-0.3, -0.25) is 4.90 Å². The standard InChI is InChI=1S/C16H24ClFN2/c1-4-13-10-20(16(8-19-13)11(2)3)9-12-5-6-15(18)14(17)7-12/h5-7,11,13,16,19H,4,8-10H2,1-3H3. The Balaban J connectivity index is 2.11. The van der Waals surface area contributed by atoms with Gasteiger partial charge in [-0.25, -0.2) is 4.39 Å². The van der Waals surface area contributed by atoms with Crippen molar-refractivity contribution in [2.24, 2.45) is 5.92 Å². The molecule has 1 saturated heterocycles. The van der Waals surface area contributed by atoms with Gasteiger partial charge in [-0.15, -0.1) is 0 Å². The number of hydrogen-bond donors (Lipinski definition) is 1. The molecular formula is C16H24ClFN2.